The first-order valence-corrected chi connectivity index (χ1v) is 9.99. The van der Waals surface area contributed by atoms with Gasteiger partial charge in [0.1, 0.15) is 6.61 Å². The van der Waals surface area contributed by atoms with Gasteiger partial charge in [-0.15, -0.1) is 11.3 Å². The van der Waals surface area contributed by atoms with Crippen molar-refractivity contribution in [3.63, 3.8) is 0 Å². The second-order valence-electron chi connectivity index (χ2n) is 6.21. The maximum Gasteiger partial charge on any atom is 0.338 e. The van der Waals surface area contributed by atoms with Crippen molar-refractivity contribution in [2.75, 3.05) is 7.11 Å². The van der Waals surface area contributed by atoms with Crippen LogP contribution in [0, 0.1) is 0 Å². The molecule has 0 radical (unpaired) electrons. The van der Waals surface area contributed by atoms with Crippen LogP contribution in [-0.2, 0) is 18.0 Å². The third kappa shape index (κ3) is 4.66. The normalized spacial score (nSPS) is 10.6. The highest BCUT2D eigenvalue weighted by Crippen LogP contribution is 2.29. The van der Waals surface area contributed by atoms with Gasteiger partial charge in [0.2, 0.25) is 5.82 Å². The van der Waals surface area contributed by atoms with E-state index in [9.17, 15) is 4.79 Å². The van der Waals surface area contributed by atoms with Crippen molar-refractivity contribution < 1.29 is 23.5 Å². The highest BCUT2D eigenvalue weighted by molar-refractivity contribution is 7.13. The maximum atomic E-state index is 12.4. The molecule has 8 heteroatoms. The van der Waals surface area contributed by atoms with Crippen LogP contribution in [-0.4, -0.2) is 23.2 Å². The number of hydrogen-bond donors (Lipinski definition) is 0. The van der Waals surface area contributed by atoms with Gasteiger partial charge in [-0.05, 0) is 35.2 Å². The third-order valence-corrected chi connectivity index (χ3v) is 5.03. The molecular weight excluding hydrogens is 404 g/mol. The van der Waals surface area contributed by atoms with Crippen molar-refractivity contribution in [3.05, 3.63) is 83.0 Å². The molecule has 30 heavy (non-hydrogen) atoms. The summed E-state index contributed by atoms with van der Waals surface area (Å²) in [5, 5.41) is 5.75. The van der Waals surface area contributed by atoms with E-state index in [4.69, 9.17) is 18.7 Å². The fraction of sp³-hybridized carbons (Fsp3) is 0.136. The molecule has 0 saturated heterocycles. The van der Waals surface area contributed by atoms with E-state index in [1.165, 1.54) is 18.4 Å². The SMILES string of the molecule is COc1cc(C(=O)OCc2noc(-c3cccs3)n2)ccc1OCc1ccccc1. The van der Waals surface area contributed by atoms with E-state index >= 15 is 0 Å². The van der Waals surface area contributed by atoms with E-state index < -0.39 is 5.97 Å². The van der Waals surface area contributed by atoms with Gasteiger partial charge in [0.15, 0.2) is 18.1 Å². The summed E-state index contributed by atoms with van der Waals surface area (Å²) in [4.78, 5) is 17.5. The van der Waals surface area contributed by atoms with E-state index in [0.717, 1.165) is 10.4 Å². The van der Waals surface area contributed by atoms with Crippen LogP contribution in [0.25, 0.3) is 10.8 Å². The van der Waals surface area contributed by atoms with Gasteiger partial charge in [-0.25, -0.2) is 4.79 Å². The number of carbonyl (C=O) groups is 1. The molecular formula is C22H18N2O5S. The van der Waals surface area contributed by atoms with Crippen LogP contribution in [0.1, 0.15) is 21.7 Å². The molecule has 2 heterocycles. The lowest BCUT2D eigenvalue weighted by Gasteiger charge is -2.12. The van der Waals surface area contributed by atoms with Crippen LogP contribution < -0.4 is 9.47 Å². The number of benzene rings is 2. The van der Waals surface area contributed by atoms with Crippen LogP contribution >= 0.6 is 11.3 Å². The summed E-state index contributed by atoms with van der Waals surface area (Å²) in [5.41, 5.74) is 1.37. The molecule has 0 aliphatic heterocycles. The fourth-order valence-electron chi connectivity index (χ4n) is 2.68. The fourth-order valence-corrected chi connectivity index (χ4v) is 3.32. The minimum atomic E-state index is -0.523. The van der Waals surface area contributed by atoms with E-state index in [1.54, 1.807) is 18.2 Å². The molecule has 4 aromatic rings. The molecule has 0 aliphatic carbocycles. The first-order chi connectivity index (χ1) is 14.7. The minimum absolute atomic E-state index is 0.0950. The molecule has 0 spiro atoms. The molecule has 152 valence electrons. The number of carbonyl (C=O) groups excluding carboxylic acids is 1. The Morgan fingerprint density at radius 2 is 1.90 bits per heavy atom. The number of methoxy groups -OCH3 is 1. The molecule has 0 unspecified atom stereocenters. The van der Waals surface area contributed by atoms with Gasteiger partial charge in [0.25, 0.3) is 5.89 Å². The molecule has 0 saturated carbocycles. The molecule has 2 aromatic carbocycles. The molecule has 0 atom stereocenters. The van der Waals surface area contributed by atoms with E-state index in [-0.39, 0.29) is 6.61 Å². The average Bonchev–Trinajstić information content (AvgIpc) is 3.48. The van der Waals surface area contributed by atoms with Gasteiger partial charge in [-0.3, -0.25) is 0 Å². The molecule has 0 bridgehead atoms. The smallest absolute Gasteiger partial charge is 0.338 e. The first-order valence-electron chi connectivity index (χ1n) is 9.11. The Labute approximate surface area is 176 Å². The molecule has 2 aromatic heterocycles. The van der Waals surface area contributed by atoms with Crippen molar-refractivity contribution in [3.8, 4) is 22.3 Å². The lowest BCUT2D eigenvalue weighted by atomic mass is 10.2. The van der Waals surface area contributed by atoms with Crippen molar-refractivity contribution in [2.45, 2.75) is 13.2 Å². The molecule has 0 amide bonds. The number of rotatable bonds is 8. The largest absolute Gasteiger partial charge is 0.493 e. The maximum absolute atomic E-state index is 12.4. The van der Waals surface area contributed by atoms with Crippen LogP contribution in [0.3, 0.4) is 0 Å². The van der Waals surface area contributed by atoms with Crippen LogP contribution in [0.4, 0.5) is 0 Å². The van der Waals surface area contributed by atoms with Gasteiger partial charge in [0.05, 0.1) is 17.6 Å². The van der Waals surface area contributed by atoms with Crippen molar-refractivity contribution >= 4 is 17.3 Å². The molecule has 0 fully saturated rings. The molecule has 0 aliphatic rings. The number of ether oxygens (including phenoxy) is 3. The zero-order valence-electron chi connectivity index (χ0n) is 16.1. The summed E-state index contributed by atoms with van der Waals surface area (Å²) >= 11 is 1.49. The standard InChI is InChI=1S/C22H18N2O5S/c1-26-18-12-16(9-10-17(18)27-13-15-6-3-2-4-7-15)22(25)28-14-20-23-21(29-24-20)19-8-5-11-30-19/h2-12H,13-14H2,1H3. The average molecular weight is 422 g/mol. The Bertz CT molecular complexity index is 1110. The summed E-state index contributed by atoms with van der Waals surface area (Å²) in [6.45, 7) is 0.299. The van der Waals surface area contributed by atoms with E-state index in [1.807, 2.05) is 47.8 Å². The summed E-state index contributed by atoms with van der Waals surface area (Å²) in [6, 6.07) is 18.4. The topological polar surface area (TPSA) is 83.7 Å². The first kappa shape index (κ1) is 19.7. The summed E-state index contributed by atoms with van der Waals surface area (Å²) in [5.74, 6) is 1.15. The second-order valence-corrected chi connectivity index (χ2v) is 7.16. The van der Waals surface area contributed by atoms with E-state index in [0.29, 0.717) is 35.4 Å². The third-order valence-electron chi connectivity index (χ3n) is 4.17. The molecule has 0 N–H and O–H groups in total. The Hall–Kier alpha value is -3.65. The van der Waals surface area contributed by atoms with Crippen LogP contribution in [0.2, 0.25) is 0 Å². The van der Waals surface area contributed by atoms with E-state index in [2.05, 4.69) is 10.1 Å². The number of thiophene rings is 1. The van der Waals surface area contributed by atoms with Crippen molar-refractivity contribution in [1.29, 1.82) is 0 Å². The predicted molar refractivity (Wildman–Crippen MR) is 110 cm³/mol. The summed E-state index contributed by atoms with van der Waals surface area (Å²) < 4.78 is 21.6. The summed E-state index contributed by atoms with van der Waals surface area (Å²) in [6.07, 6.45) is 0. The number of nitrogens with zero attached hydrogens (tertiary/aromatic N) is 2. The van der Waals surface area contributed by atoms with Gasteiger partial charge in [-0.1, -0.05) is 41.6 Å². The number of hydrogen-bond acceptors (Lipinski definition) is 8. The zero-order valence-corrected chi connectivity index (χ0v) is 16.9. The summed E-state index contributed by atoms with van der Waals surface area (Å²) in [7, 11) is 1.52. The Morgan fingerprint density at radius 1 is 1.03 bits per heavy atom. The lowest BCUT2D eigenvalue weighted by Crippen LogP contribution is -2.07. The van der Waals surface area contributed by atoms with Crippen LogP contribution in [0.5, 0.6) is 11.5 Å². The van der Waals surface area contributed by atoms with Gasteiger partial charge >= 0.3 is 5.97 Å². The van der Waals surface area contributed by atoms with Crippen molar-refractivity contribution in [2.24, 2.45) is 0 Å². The highest BCUT2D eigenvalue weighted by atomic mass is 32.1. The Morgan fingerprint density at radius 3 is 2.67 bits per heavy atom. The van der Waals surface area contributed by atoms with Crippen molar-refractivity contribution in [1.82, 2.24) is 10.1 Å². The minimum Gasteiger partial charge on any atom is -0.493 e. The second kappa shape index (κ2) is 9.23. The highest BCUT2D eigenvalue weighted by Gasteiger charge is 2.15. The molecule has 7 nitrogen and oxygen atoms in total. The Balaban J connectivity index is 1.38. The quantitative estimate of drug-likeness (QED) is 0.379. The van der Waals surface area contributed by atoms with Gasteiger partial charge < -0.3 is 18.7 Å². The number of aromatic nitrogens is 2. The van der Waals surface area contributed by atoms with Gasteiger partial charge in [-0.2, -0.15) is 4.98 Å². The number of esters is 1. The van der Waals surface area contributed by atoms with Gasteiger partial charge in [0, 0.05) is 0 Å². The van der Waals surface area contributed by atoms with Crippen LogP contribution in [0.15, 0.2) is 70.6 Å². The lowest BCUT2D eigenvalue weighted by molar-refractivity contribution is 0.0459. The zero-order chi connectivity index (χ0) is 20.8. The predicted octanol–water partition coefficient (Wildman–Crippen LogP) is 4.74. The Kier molecular flexibility index (Phi) is 6.05. The monoisotopic (exact) mass is 422 g/mol. The molecule has 4 rings (SSSR count).